The van der Waals surface area contributed by atoms with Crippen LogP contribution in [0.3, 0.4) is 0 Å². The molecule has 0 aliphatic heterocycles. The molecule has 7 heteroatoms. The van der Waals surface area contributed by atoms with Gasteiger partial charge >= 0.3 is 0 Å². The number of hydrogen-bond donors (Lipinski definition) is 2. The van der Waals surface area contributed by atoms with Gasteiger partial charge in [0, 0.05) is 18.3 Å². The Labute approximate surface area is 146 Å². The normalized spacial score (nSPS) is 13.2. The molecule has 0 bridgehead atoms. The molecule has 25 heavy (non-hydrogen) atoms. The second-order valence-electron chi connectivity index (χ2n) is 6.01. The van der Waals surface area contributed by atoms with Crippen LogP contribution in [0.25, 0.3) is 0 Å². The largest absolute Gasteiger partial charge is 0.493 e. The van der Waals surface area contributed by atoms with Crippen molar-refractivity contribution in [3.63, 3.8) is 0 Å². The molecule has 1 aromatic heterocycles. The highest BCUT2D eigenvalue weighted by molar-refractivity contribution is 5.92. The standard InChI is InChI=1S/C18H22N4O3/c1-11-8-14(22-18(20-11)21-13-5-6-13)17(23)19-10-12-4-7-15(24-2)16(9-12)25-3/h4,7-9,13H,5-6,10H2,1-3H3,(H,19,23)(H,20,21,22). The highest BCUT2D eigenvalue weighted by Crippen LogP contribution is 2.27. The van der Waals surface area contributed by atoms with Crippen LogP contribution < -0.4 is 20.1 Å². The highest BCUT2D eigenvalue weighted by Gasteiger charge is 2.22. The van der Waals surface area contributed by atoms with E-state index in [1.165, 1.54) is 0 Å². The molecule has 0 atom stereocenters. The Balaban J connectivity index is 1.67. The van der Waals surface area contributed by atoms with E-state index in [0.717, 1.165) is 24.1 Å². The summed E-state index contributed by atoms with van der Waals surface area (Å²) in [7, 11) is 3.17. The average molecular weight is 342 g/mol. The number of benzene rings is 1. The van der Waals surface area contributed by atoms with Crippen molar-refractivity contribution >= 4 is 11.9 Å². The molecule has 1 heterocycles. The first kappa shape index (κ1) is 17.0. The zero-order valence-electron chi connectivity index (χ0n) is 14.6. The molecular formula is C18H22N4O3. The van der Waals surface area contributed by atoms with Crippen LogP contribution in [0.15, 0.2) is 24.3 Å². The van der Waals surface area contributed by atoms with E-state index in [-0.39, 0.29) is 5.91 Å². The predicted molar refractivity (Wildman–Crippen MR) is 94.1 cm³/mol. The first-order valence-corrected chi connectivity index (χ1v) is 8.20. The van der Waals surface area contributed by atoms with Gasteiger partial charge in [-0.1, -0.05) is 6.07 Å². The van der Waals surface area contributed by atoms with Gasteiger partial charge in [-0.3, -0.25) is 4.79 Å². The monoisotopic (exact) mass is 342 g/mol. The molecule has 0 spiro atoms. The van der Waals surface area contributed by atoms with Crippen molar-refractivity contribution in [1.82, 2.24) is 15.3 Å². The molecule has 1 amide bonds. The molecule has 1 saturated carbocycles. The zero-order chi connectivity index (χ0) is 17.8. The minimum absolute atomic E-state index is 0.237. The van der Waals surface area contributed by atoms with E-state index in [9.17, 15) is 4.79 Å². The fraction of sp³-hybridized carbons (Fsp3) is 0.389. The predicted octanol–water partition coefficient (Wildman–Crippen LogP) is 2.31. The van der Waals surface area contributed by atoms with Crippen molar-refractivity contribution in [3.05, 3.63) is 41.2 Å². The first-order chi connectivity index (χ1) is 12.1. The second-order valence-corrected chi connectivity index (χ2v) is 6.01. The number of rotatable bonds is 7. The summed E-state index contributed by atoms with van der Waals surface area (Å²) in [5.74, 6) is 1.56. The molecule has 3 rings (SSSR count). The van der Waals surface area contributed by atoms with Crippen LogP contribution in [-0.2, 0) is 6.54 Å². The van der Waals surface area contributed by atoms with Crippen molar-refractivity contribution < 1.29 is 14.3 Å². The number of ether oxygens (including phenoxy) is 2. The number of amides is 1. The molecular weight excluding hydrogens is 320 g/mol. The minimum Gasteiger partial charge on any atom is -0.493 e. The summed E-state index contributed by atoms with van der Waals surface area (Å²) in [6.07, 6.45) is 2.25. The average Bonchev–Trinajstić information content (AvgIpc) is 3.42. The topological polar surface area (TPSA) is 85.4 Å². The fourth-order valence-corrected chi connectivity index (χ4v) is 2.42. The van der Waals surface area contributed by atoms with E-state index in [1.54, 1.807) is 20.3 Å². The summed E-state index contributed by atoms with van der Waals surface area (Å²) >= 11 is 0. The van der Waals surface area contributed by atoms with Crippen LogP contribution in [0.5, 0.6) is 11.5 Å². The van der Waals surface area contributed by atoms with Gasteiger partial charge in [-0.05, 0) is 43.5 Å². The van der Waals surface area contributed by atoms with Crippen molar-refractivity contribution in [2.45, 2.75) is 32.4 Å². The van der Waals surface area contributed by atoms with Gasteiger partial charge in [0.05, 0.1) is 14.2 Å². The summed E-state index contributed by atoms with van der Waals surface area (Å²) in [4.78, 5) is 21.0. The molecule has 2 aromatic rings. The number of carbonyl (C=O) groups is 1. The van der Waals surface area contributed by atoms with Crippen LogP contribution in [-0.4, -0.2) is 36.1 Å². The fourth-order valence-electron chi connectivity index (χ4n) is 2.42. The van der Waals surface area contributed by atoms with Gasteiger partial charge in [0.2, 0.25) is 5.95 Å². The van der Waals surface area contributed by atoms with Gasteiger partial charge in [0.1, 0.15) is 5.69 Å². The van der Waals surface area contributed by atoms with Crippen molar-refractivity contribution in [2.24, 2.45) is 0 Å². The van der Waals surface area contributed by atoms with E-state index >= 15 is 0 Å². The second kappa shape index (κ2) is 7.38. The van der Waals surface area contributed by atoms with E-state index < -0.39 is 0 Å². The number of nitrogens with zero attached hydrogens (tertiary/aromatic N) is 2. The number of hydrogen-bond acceptors (Lipinski definition) is 6. The molecule has 1 aliphatic rings. The number of carbonyl (C=O) groups excluding carboxylic acids is 1. The Bertz CT molecular complexity index is 775. The Morgan fingerprint density at radius 2 is 1.92 bits per heavy atom. The lowest BCUT2D eigenvalue weighted by molar-refractivity contribution is 0.0945. The van der Waals surface area contributed by atoms with E-state index in [4.69, 9.17) is 9.47 Å². The Morgan fingerprint density at radius 1 is 1.16 bits per heavy atom. The molecule has 7 nitrogen and oxygen atoms in total. The summed E-state index contributed by atoms with van der Waals surface area (Å²) in [5.41, 5.74) is 2.03. The lowest BCUT2D eigenvalue weighted by atomic mass is 10.2. The molecule has 0 saturated heterocycles. The van der Waals surface area contributed by atoms with E-state index in [1.807, 2.05) is 25.1 Å². The minimum atomic E-state index is -0.237. The van der Waals surface area contributed by atoms with E-state index in [0.29, 0.717) is 35.7 Å². The molecule has 0 unspecified atom stereocenters. The summed E-state index contributed by atoms with van der Waals surface area (Å²) in [5, 5.41) is 6.09. The number of methoxy groups -OCH3 is 2. The summed E-state index contributed by atoms with van der Waals surface area (Å²) < 4.78 is 10.5. The molecule has 1 fully saturated rings. The highest BCUT2D eigenvalue weighted by atomic mass is 16.5. The van der Waals surface area contributed by atoms with Crippen LogP contribution in [0, 0.1) is 6.92 Å². The number of aryl methyl sites for hydroxylation is 1. The Kier molecular flexibility index (Phi) is 5.02. The van der Waals surface area contributed by atoms with Gasteiger partial charge in [-0.25, -0.2) is 9.97 Å². The van der Waals surface area contributed by atoms with Gasteiger partial charge in [0.15, 0.2) is 11.5 Å². The van der Waals surface area contributed by atoms with Gasteiger partial charge < -0.3 is 20.1 Å². The maximum Gasteiger partial charge on any atom is 0.270 e. The van der Waals surface area contributed by atoms with Crippen LogP contribution >= 0.6 is 0 Å². The van der Waals surface area contributed by atoms with Crippen molar-refractivity contribution in [1.29, 1.82) is 0 Å². The van der Waals surface area contributed by atoms with Crippen LogP contribution in [0.4, 0.5) is 5.95 Å². The third-order valence-electron chi connectivity index (χ3n) is 3.90. The van der Waals surface area contributed by atoms with Crippen molar-refractivity contribution in [2.75, 3.05) is 19.5 Å². The van der Waals surface area contributed by atoms with E-state index in [2.05, 4.69) is 20.6 Å². The van der Waals surface area contributed by atoms with Gasteiger partial charge in [-0.2, -0.15) is 0 Å². The van der Waals surface area contributed by atoms with Crippen LogP contribution in [0.2, 0.25) is 0 Å². The molecule has 2 N–H and O–H groups in total. The Morgan fingerprint density at radius 3 is 2.60 bits per heavy atom. The number of aromatic nitrogens is 2. The number of nitrogens with one attached hydrogen (secondary N) is 2. The molecule has 0 radical (unpaired) electrons. The summed E-state index contributed by atoms with van der Waals surface area (Å²) in [6.45, 7) is 2.22. The first-order valence-electron chi connectivity index (χ1n) is 8.20. The van der Waals surface area contributed by atoms with Gasteiger partial charge in [-0.15, -0.1) is 0 Å². The van der Waals surface area contributed by atoms with Crippen molar-refractivity contribution in [3.8, 4) is 11.5 Å². The molecule has 1 aliphatic carbocycles. The van der Waals surface area contributed by atoms with Gasteiger partial charge in [0.25, 0.3) is 5.91 Å². The maximum atomic E-state index is 12.4. The molecule has 132 valence electrons. The smallest absolute Gasteiger partial charge is 0.270 e. The third-order valence-corrected chi connectivity index (χ3v) is 3.90. The third kappa shape index (κ3) is 4.37. The zero-order valence-corrected chi connectivity index (χ0v) is 14.6. The molecule has 1 aromatic carbocycles. The quantitative estimate of drug-likeness (QED) is 0.803. The SMILES string of the molecule is COc1ccc(CNC(=O)c2cc(C)nc(NC3CC3)n2)cc1OC. The lowest BCUT2D eigenvalue weighted by Crippen LogP contribution is -2.24. The summed E-state index contributed by atoms with van der Waals surface area (Å²) in [6, 6.07) is 7.65. The maximum absolute atomic E-state index is 12.4. The lowest BCUT2D eigenvalue weighted by Gasteiger charge is -2.11. The number of anilines is 1. The van der Waals surface area contributed by atoms with Crippen LogP contribution in [0.1, 0.15) is 34.6 Å². The Hall–Kier alpha value is -2.83.